The number of rotatable bonds is 31. The second-order valence-electron chi connectivity index (χ2n) is 24.0. The molecule has 520 valence electrons. The van der Waals surface area contributed by atoms with Crippen LogP contribution in [0.1, 0.15) is 96.4 Å². The van der Waals surface area contributed by atoms with Crippen LogP contribution in [0.4, 0.5) is 13.2 Å². The molecule has 10 amide bonds. The number of aromatic hydroxyl groups is 1. The molecule has 4 heterocycles. The number of aliphatic imine (C=N–C) groups is 1. The minimum atomic E-state index is -5.08. The number of phenolic OH excluding ortho intramolecular Hbond substituents is 1. The van der Waals surface area contributed by atoms with E-state index in [2.05, 4.69) is 67.9 Å². The highest BCUT2D eigenvalue weighted by Gasteiger charge is 2.41. The smallest absolute Gasteiger partial charge is 0.490 e. The highest BCUT2D eigenvalue weighted by Crippen LogP contribution is 2.23. The molecule has 2 aliphatic rings. The number of aliphatic hydroxyl groups is 1. The monoisotopic (exact) mass is 1340 g/mol. The number of halogens is 3. The van der Waals surface area contributed by atoms with Crippen molar-refractivity contribution >= 4 is 81.9 Å². The minimum absolute atomic E-state index is 0.0328. The first-order chi connectivity index (χ1) is 44.8. The van der Waals surface area contributed by atoms with Crippen molar-refractivity contribution in [2.24, 2.45) is 28.2 Å². The van der Waals surface area contributed by atoms with Crippen LogP contribution < -0.4 is 65.3 Å². The van der Waals surface area contributed by atoms with Crippen molar-refractivity contribution in [1.29, 1.82) is 0 Å². The lowest BCUT2D eigenvalue weighted by molar-refractivity contribution is -0.192. The number of para-hydroxylation sites is 1. The Hall–Kier alpha value is -9.90. The number of alkyl halides is 3. The fourth-order valence-electron chi connectivity index (χ4n) is 10.1. The number of hydrogen-bond acceptors (Lipinski definition) is 17. The van der Waals surface area contributed by atoms with E-state index < -0.39 is 139 Å². The standard InChI is InChI=1S/C58H83N17O13.C2HF3O2/c1-31(2)22-40(49(80)67-39(12-8-20-63-57(59)60)56(87)75-21-9-13-46(75)55(86)74-61)68-54(85)45(29-88-58(3,4)5)73-50(81)41(23-32-14-16-35(77)17-15-32)69-53(84)44(28-76)72-51(82)42(24-33-26-64-37-11-7-6-10-36(33)37)70-52(83)43(25-34-27-62-30-65-34)71-48(79)38-18-19-47(78)66-38;3-2(4,5)1(6)7/h6-7,10-11,14-17,26-27,30-31,38-46,64,76-77H,8-9,12-13,18-25,28-29,61H2,1-5H3,(H,62,65)(H,66,78)(H,67,80)(H,68,85)(H,69,84)(H,70,83)(H,71,79)(H,72,82)(H,73,81)(H,74,86)(H4,59,60,63);(H,6,7)/t38-,39+,40+,41+,42+,43+,44+,45-,46+;/m1./s1. The number of hydrazine groups is 1. The first-order valence-corrected chi connectivity index (χ1v) is 30.4. The summed E-state index contributed by atoms with van der Waals surface area (Å²) in [5.41, 5.74) is 14.4. The lowest BCUT2D eigenvalue weighted by atomic mass is 10.0. The van der Waals surface area contributed by atoms with Gasteiger partial charge in [0.15, 0.2) is 5.96 Å². The third-order valence-electron chi connectivity index (χ3n) is 14.9. The summed E-state index contributed by atoms with van der Waals surface area (Å²) < 4.78 is 37.8. The lowest BCUT2D eigenvalue weighted by Crippen LogP contribution is -2.62. The molecule has 4 aromatic rings. The van der Waals surface area contributed by atoms with Crippen LogP contribution in [0.25, 0.3) is 10.9 Å². The molecular weight excluding hydrogens is 1260 g/mol. The van der Waals surface area contributed by atoms with E-state index in [1.807, 2.05) is 0 Å². The maximum absolute atomic E-state index is 14.7. The molecule has 32 nitrogen and oxygen atoms in total. The maximum atomic E-state index is 14.7. The number of likely N-dealkylation sites (tertiary alicyclic amines) is 1. The number of phenols is 1. The molecule has 0 unspecified atom stereocenters. The van der Waals surface area contributed by atoms with Crippen LogP contribution >= 0.6 is 0 Å². The molecule has 0 bridgehead atoms. The second kappa shape index (κ2) is 35.4. The lowest BCUT2D eigenvalue weighted by Gasteiger charge is -2.31. The summed E-state index contributed by atoms with van der Waals surface area (Å²) in [6.07, 6.45) is 0.230. The summed E-state index contributed by atoms with van der Waals surface area (Å²) in [5.74, 6) is -5.47. The number of imidazole rings is 1. The van der Waals surface area contributed by atoms with Crippen LogP contribution in [0.2, 0.25) is 0 Å². The van der Waals surface area contributed by atoms with Crippen LogP contribution in [0, 0.1) is 5.92 Å². The highest BCUT2D eigenvalue weighted by molar-refractivity contribution is 5.99. The van der Waals surface area contributed by atoms with Gasteiger partial charge < -0.3 is 88.9 Å². The van der Waals surface area contributed by atoms with Gasteiger partial charge in [0.2, 0.25) is 53.2 Å². The zero-order valence-electron chi connectivity index (χ0n) is 53.0. The van der Waals surface area contributed by atoms with Crippen molar-refractivity contribution in [3.8, 4) is 5.75 Å². The van der Waals surface area contributed by atoms with Gasteiger partial charge in [0, 0.05) is 67.8 Å². The van der Waals surface area contributed by atoms with Crippen LogP contribution in [-0.2, 0) is 76.7 Å². The Morgan fingerprint density at radius 1 is 0.747 bits per heavy atom. The molecule has 0 aliphatic carbocycles. The van der Waals surface area contributed by atoms with E-state index >= 15 is 0 Å². The SMILES string of the molecule is CC(C)C[C@H](NC(=O)[C@@H](COC(C)(C)C)NC(=O)[C@H](Cc1ccc(O)cc1)NC(=O)[C@H](CO)NC(=O)[C@H](Cc1c[nH]c2ccccc12)NC(=O)[C@H](Cc1cnc[nH]1)NC(=O)[C@H]1CCC(=O)N1)C(=O)N[C@@H](CCCN=C(N)N)C(=O)N1CCC[C@H]1C(=O)NN.O=C(O)C(F)(F)F. The number of carbonyl (C=O) groups is 11. The summed E-state index contributed by atoms with van der Waals surface area (Å²) in [7, 11) is 0. The Morgan fingerprint density at radius 3 is 1.88 bits per heavy atom. The fraction of sp³-hybridized carbons (Fsp3) is 0.517. The van der Waals surface area contributed by atoms with Gasteiger partial charge in [0.05, 0.1) is 25.1 Å². The van der Waals surface area contributed by atoms with E-state index in [1.165, 1.54) is 41.7 Å². The van der Waals surface area contributed by atoms with Gasteiger partial charge in [-0.15, -0.1) is 0 Å². The van der Waals surface area contributed by atoms with E-state index in [-0.39, 0.29) is 88.0 Å². The third-order valence-corrected chi connectivity index (χ3v) is 14.9. The Kier molecular flexibility index (Phi) is 28.2. The molecule has 2 aliphatic heterocycles. The Bertz CT molecular complexity index is 3340. The number of ether oxygens (including phenoxy) is 1. The summed E-state index contributed by atoms with van der Waals surface area (Å²) >= 11 is 0. The van der Waals surface area contributed by atoms with Gasteiger partial charge in [-0.3, -0.25) is 58.4 Å². The predicted molar refractivity (Wildman–Crippen MR) is 334 cm³/mol. The summed E-state index contributed by atoms with van der Waals surface area (Å²) in [5, 5.41) is 49.9. The van der Waals surface area contributed by atoms with Gasteiger partial charge in [-0.05, 0) is 94.5 Å². The molecule has 2 aromatic carbocycles. The Labute approximate surface area is 543 Å². The number of aliphatic hydroxyl groups excluding tert-OH is 1. The first-order valence-electron chi connectivity index (χ1n) is 30.4. The van der Waals surface area contributed by atoms with E-state index in [0.29, 0.717) is 40.6 Å². The number of carbonyl (C=O) groups excluding carboxylic acids is 10. The number of aliphatic carboxylic acids is 1. The van der Waals surface area contributed by atoms with Crippen molar-refractivity contribution in [3.63, 3.8) is 0 Å². The second-order valence-corrected chi connectivity index (χ2v) is 24.0. The van der Waals surface area contributed by atoms with E-state index in [0.717, 1.165) is 0 Å². The average molecular weight is 1340 g/mol. The number of nitrogens with zero attached hydrogens (tertiary/aromatic N) is 3. The van der Waals surface area contributed by atoms with Gasteiger partial charge in [0.1, 0.15) is 60.1 Å². The van der Waals surface area contributed by atoms with Crippen LogP contribution in [-0.4, -0.2) is 199 Å². The van der Waals surface area contributed by atoms with E-state index in [9.17, 15) is 71.3 Å². The highest BCUT2D eigenvalue weighted by atomic mass is 19.4. The van der Waals surface area contributed by atoms with Gasteiger partial charge in [-0.2, -0.15) is 13.2 Å². The summed E-state index contributed by atoms with van der Waals surface area (Å²) in [6.45, 7) is 7.53. The van der Waals surface area contributed by atoms with E-state index in [1.54, 1.807) is 65.1 Å². The van der Waals surface area contributed by atoms with Crippen molar-refractivity contribution in [3.05, 3.63) is 84.1 Å². The number of H-pyrrole nitrogens is 2. The largest absolute Gasteiger partial charge is 0.508 e. The van der Waals surface area contributed by atoms with E-state index in [4.69, 9.17) is 31.9 Å². The molecule has 2 aromatic heterocycles. The number of guanidine groups is 1. The number of carboxylic acid groups (broad SMARTS) is 1. The molecule has 35 heteroatoms. The number of aromatic nitrogens is 3. The molecule has 0 radical (unpaired) electrons. The maximum Gasteiger partial charge on any atom is 0.490 e. The van der Waals surface area contributed by atoms with Crippen molar-refractivity contribution in [2.75, 3.05) is 26.3 Å². The summed E-state index contributed by atoms with van der Waals surface area (Å²) in [6, 6.07) is 0.760. The quantitative estimate of drug-likeness (QED) is 0.00636. The predicted octanol–water partition coefficient (Wildman–Crippen LogP) is -2.18. The van der Waals surface area contributed by atoms with Gasteiger partial charge >= 0.3 is 12.1 Å². The third kappa shape index (κ3) is 24.2. The number of benzene rings is 2. The molecule has 95 heavy (non-hydrogen) atoms. The van der Waals surface area contributed by atoms with Crippen molar-refractivity contribution in [2.45, 2.75) is 165 Å². The zero-order valence-corrected chi connectivity index (χ0v) is 53.0. The first kappa shape index (κ1) is 75.8. The van der Waals surface area contributed by atoms with Gasteiger partial charge in [0.25, 0.3) is 5.91 Å². The molecule has 9 atom stereocenters. The molecule has 6 rings (SSSR count). The Morgan fingerprint density at radius 2 is 1.32 bits per heavy atom. The minimum Gasteiger partial charge on any atom is -0.508 e. The van der Waals surface area contributed by atoms with Crippen LogP contribution in [0.3, 0.4) is 0 Å². The fourth-order valence-corrected chi connectivity index (χ4v) is 10.1. The average Bonchev–Trinajstić information content (AvgIpc) is 1.74. The number of nitrogens with two attached hydrogens (primary N) is 3. The molecule has 2 fully saturated rings. The zero-order chi connectivity index (χ0) is 70.3. The number of hydrogen-bond donors (Lipinski definition) is 17. The molecule has 20 N–H and O–H groups in total. The summed E-state index contributed by atoms with van der Waals surface area (Å²) in [4.78, 5) is 164. The van der Waals surface area contributed by atoms with Crippen LogP contribution in [0.5, 0.6) is 5.75 Å². The molecule has 0 spiro atoms. The van der Waals surface area contributed by atoms with Crippen molar-refractivity contribution in [1.82, 2.24) is 67.8 Å². The van der Waals surface area contributed by atoms with Crippen molar-refractivity contribution < 1.29 is 86.0 Å². The number of aromatic amines is 2. The van der Waals surface area contributed by atoms with Gasteiger partial charge in [-0.1, -0.05) is 44.2 Å². The topological polar surface area (TPSA) is 504 Å². The van der Waals surface area contributed by atoms with Crippen LogP contribution in [0.15, 0.2) is 72.2 Å². The normalized spacial score (nSPS) is 16.8. The number of amides is 10. The number of fused-ring (bicyclic) bond motifs is 1. The molecule has 2 saturated heterocycles. The number of nitrogens with one attached hydrogen (secondary N) is 11. The molecular formula is C60H84F3N17O15. The Balaban J connectivity index is 0.00000220. The van der Waals surface area contributed by atoms with Gasteiger partial charge in [-0.25, -0.2) is 15.6 Å². The molecule has 0 saturated carbocycles. The number of carboxylic acids is 1.